The van der Waals surface area contributed by atoms with Crippen molar-refractivity contribution in [3.8, 4) is 0 Å². The third-order valence-electron chi connectivity index (χ3n) is 3.80. The molecule has 1 heterocycles. The minimum absolute atomic E-state index is 0.0488. The Hall–Kier alpha value is -0.940. The lowest BCUT2D eigenvalue weighted by Crippen LogP contribution is -2.60. The van der Waals surface area contributed by atoms with Crippen molar-refractivity contribution >= 4 is 0 Å². The molecular weight excluding hydrogens is 204 g/mol. The molecule has 2 N–H and O–H groups in total. The van der Waals surface area contributed by atoms with Crippen molar-refractivity contribution in [3.05, 3.63) is 12.2 Å². The monoisotopic (exact) mass is 224 g/mol. The van der Waals surface area contributed by atoms with Gasteiger partial charge in [0.05, 0.1) is 12.1 Å². The van der Waals surface area contributed by atoms with Crippen molar-refractivity contribution in [3.63, 3.8) is 0 Å². The van der Waals surface area contributed by atoms with Crippen LogP contribution in [0.3, 0.4) is 0 Å². The van der Waals surface area contributed by atoms with Crippen LogP contribution < -0.4 is 5.32 Å². The fourth-order valence-corrected chi connectivity index (χ4v) is 2.25. The second-order valence-corrected chi connectivity index (χ2v) is 5.31. The molecular formula is C11H20N4O. The molecule has 0 radical (unpaired) electrons. The number of rotatable bonds is 3. The van der Waals surface area contributed by atoms with Crippen LogP contribution in [0.25, 0.3) is 0 Å². The number of nitrogens with one attached hydrogen (secondary N) is 1. The highest BCUT2D eigenvalue weighted by molar-refractivity contribution is 5.04. The first-order valence-corrected chi connectivity index (χ1v) is 5.71. The molecule has 0 saturated heterocycles. The van der Waals surface area contributed by atoms with Crippen LogP contribution in [0.15, 0.2) is 6.33 Å². The average molecular weight is 224 g/mol. The van der Waals surface area contributed by atoms with Gasteiger partial charge in [0.15, 0.2) is 0 Å². The van der Waals surface area contributed by atoms with Gasteiger partial charge in [-0.25, -0.2) is 0 Å². The fraction of sp³-hybridized carbons (Fsp3) is 0.818. The summed E-state index contributed by atoms with van der Waals surface area (Å²) in [5, 5.41) is 21.1. The van der Waals surface area contributed by atoms with Crippen LogP contribution in [0, 0.1) is 5.41 Å². The molecule has 1 aliphatic rings. The number of aliphatic hydroxyl groups excluding tert-OH is 1. The molecule has 3 unspecified atom stereocenters. The van der Waals surface area contributed by atoms with E-state index < -0.39 is 0 Å². The smallest absolute Gasteiger partial charge is 0.149 e. The summed E-state index contributed by atoms with van der Waals surface area (Å²) < 4.78 is 1.92. The second-order valence-electron chi connectivity index (χ2n) is 5.31. The number of hydrogen-bond donors (Lipinski definition) is 2. The van der Waals surface area contributed by atoms with E-state index in [1.807, 2.05) is 11.6 Å². The zero-order chi connectivity index (χ0) is 11.9. The molecule has 1 fully saturated rings. The summed E-state index contributed by atoms with van der Waals surface area (Å²) in [6.07, 6.45) is 2.32. The third-order valence-corrected chi connectivity index (χ3v) is 3.80. The minimum atomic E-state index is -0.198. The lowest BCUT2D eigenvalue weighted by atomic mass is 9.64. The summed E-state index contributed by atoms with van der Waals surface area (Å²) in [5.41, 5.74) is -0.0488. The first-order valence-electron chi connectivity index (χ1n) is 5.71. The Morgan fingerprint density at radius 3 is 2.75 bits per heavy atom. The average Bonchev–Trinajstić information content (AvgIpc) is 2.64. The Labute approximate surface area is 95.9 Å². The van der Waals surface area contributed by atoms with E-state index in [-0.39, 0.29) is 17.6 Å². The minimum Gasteiger partial charge on any atom is -0.392 e. The van der Waals surface area contributed by atoms with Crippen molar-refractivity contribution in [2.24, 2.45) is 12.5 Å². The van der Waals surface area contributed by atoms with Gasteiger partial charge >= 0.3 is 0 Å². The SMILES string of the molecule is CC(NC1CC(O)C1(C)C)c1nncn1C. The van der Waals surface area contributed by atoms with Crippen LogP contribution >= 0.6 is 0 Å². The predicted molar refractivity (Wildman–Crippen MR) is 60.7 cm³/mol. The molecule has 1 aromatic rings. The highest BCUT2D eigenvalue weighted by atomic mass is 16.3. The van der Waals surface area contributed by atoms with Crippen LogP contribution in [-0.4, -0.2) is 32.0 Å². The molecule has 0 aliphatic heterocycles. The van der Waals surface area contributed by atoms with Crippen molar-refractivity contribution in [1.82, 2.24) is 20.1 Å². The maximum absolute atomic E-state index is 9.67. The standard InChI is InChI=1S/C11H20N4O/c1-7(10-14-12-6-15(10)4)13-8-5-9(16)11(8,2)3/h6-9,13,16H,5H2,1-4H3. The van der Waals surface area contributed by atoms with E-state index in [2.05, 4.69) is 36.3 Å². The van der Waals surface area contributed by atoms with E-state index in [1.165, 1.54) is 0 Å². The van der Waals surface area contributed by atoms with Gasteiger partial charge in [-0.1, -0.05) is 13.8 Å². The molecule has 2 rings (SSSR count). The fourth-order valence-electron chi connectivity index (χ4n) is 2.25. The van der Waals surface area contributed by atoms with Crippen LogP contribution in [0.4, 0.5) is 0 Å². The van der Waals surface area contributed by atoms with Crippen molar-refractivity contribution in [2.75, 3.05) is 0 Å². The molecule has 0 bridgehead atoms. The van der Waals surface area contributed by atoms with Gasteiger partial charge < -0.3 is 15.0 Å². The molecule has 1 aliphatic carbocycles. The maximum atomic E-state index is 9.67. The first kappa shape index (κ1) is 11.5. The second kappa shape index (κ2) is 3.82. The highest BCUT2D eigenvalue weighted by Crippen LogP contribution is 2.41. The van der Waals surface area contributed by atoms with Crippen molar-refractivity contribution in [2.45, 2.75) is 45.4 Å². The highest BCUT2D eigenvalue weighted by Gasteiger charge is 2.47. The van der Waals surface area contributed by atoms with E-state index in [4.69, 9.17) is 0 Å². The quantitative estimate of drug-likeness (QED) is 0.790. The van der Waals surface area contributed by atoms with E-state index in [9.17, 15) is 5.11 Å². The molecule has 1 aromatic heterocycles. The van der Waals surface area contributed by atoms with E-state index in [0.29, 0.717) is 6.04 Å². The number of hydrogen-bond acceptors (Lipinski definition) is 4. The molecule has 5 heteroatoms. The zero-order valence-electron chi connectivity index (χ0n) is 10.3. The van der Waals surface area contributed by atoms with Gasteiger partial charge in [-0.05, 0) is 13.3 Å². The van der Waals surface area contributed by atoms with E-state index >= 15 is 0 Å². The van der Waals surface area contributed by atoms with Gasteiger partial charge in [-0.2, -0.15) is 0 Å². The zero-order valence-corrected chi connectivity index (χ0v) is 10.3. The lowest BCUT2D eigenvalue weighted by Gasteiger charge is -2.50. The van der Waals surface area contributed by atoms with Crippen molar-refractivity contribution in [1.29, 1.82) is 0 Å². The van der Waals surface area contributed by atoms with Gasteiger partial charge in [-0.15, -0.1) is 10.2 Å². The Morgan fingerprint density at radius 1 is 1.62 bits per heavy atom. The Kier molecular flexibility index (Phi) is 2.75. The summed E-state index contributed by atoms with van der Waals surface area (Å²) in [7, 11) is 1.94. The first-order chi connectivity index (χ1) is 7.43. The molecule has 90 valence electrons. The molecule has 0 spiro atoms. The largest absolute Gasteiger partial charge is 0.392 e. The molecule has 5 nitrogen and oxygen atoms in total. The van der Waals surface area contributed by atoms with Crippen molar-refractivity contribution < 1.29 is 5.11 Å². The Bertz CT molecular complexity index is 374. The normalized spacial score (nSPS) is 29.8. The molecule has 3 atom stereocenters. The number of aryl methyl sites for hydroxylation is 1. The van der Waals surface area contributed by atoms with Crippen LogP contribution in [-0.2, 0) is 7.05 Å². The van der Waals surface area contributed by atoms with Crippen LogP contribution in [0.1, 0.15) is 39.1 Å². The predicted octanol–water partition coefficient (Wildman–Crippen LogP) is 0.625. The number of aliphatic hydroxyl groups is 1. The van der Waals surface area contributed by atoms with Crippen LogP contribution in [0.2, 0.25) is 0 Å². The Balaban J connectivity index is 1.99. The number of aromatic nitrogens is 3. The van der Waals surface area contributed by atoms with Gasteiger partial charge in [0.1, 0.15) is 12.2 Å². The molecule has 16 heavy (non-hydrogen) atoms. The lowest BCUT2D eigenvalue weighted by molar-refractivity contribution is -0.0758. The summed E-state index contributed by atoms with van der Waals surface area (Å²) in [6.45, 7) is 6.25. The topological polar surface area (TPSA) is 63.0 Å². The summed E-state index contributed by atoms with van der Waals surface area (Å²) >= 11 is 0. The summed E-state index contributed by atoms with van der Waals surface area (Å²) in [6, 6.07) is 0.499. The van der Waals surface area contributed by atoms with Gasteiger partial charge in [-0.3, -0.25) is 0 Å². The van der Waals surface area contributed by atoms with Gasteiger partial charge in [0.25, 0.3) is 0 Å². The van der Waals surface area contributed by atoms with Crippen LogP contribution in [0.5, 0.6) is 0 Å². The Morgan fingerprint density at radius 2 is 2.31 bits per heavy atom. The summed E-state index contributed by atoms with van der Waals surface area (Å²) in [5.74, 6) is 0.928. The molecule has 1 saturated carbocycles. The third kappa shape index (κ3) is 1.74. The van der Waals surface area contributed by atoms with Gasteiger partial charge in [0.2, 0.25) is 0 Å². The number of nitrogens with zero attached hydrogens (tertiary/aromatic N) is 3. The maximum Gasteiger partial charge on any atom is 0.149 e. The van der Waals surface area contributed by atoms with Gasteiger partial charge in [0, 0.05) is 18.5 Å². The van der Waals surface area contributed by atoms with E-state index in [1.54, 1.807) is 6.33 Å². The molecule has 0 amide bonds. The summed E-state index contributed by atoms with van der Waals surface area (Å²) in [4.78, 5) is 0. The molecule has 0 aromatic carbocycles. The van der Waals surface area contributed by atoms with E-state index in [0.717, 1.165) is 12.2 Å².